The van der Waals surface area contributed by atoms with Crippen molar-refractivity contribution >= 4 is 10.8 Å². The molecule has 0 amide bonds. The minimum atomic E-state index is -0.856. The molecule has 0 spiro atoms. The maximum Gasteiger partial charge on any atom is 0.0532 e. The van der Waals surface area contributed by atoms with Crippen LogP contribution >= 0.6 is 0 Å². The Labute approximate surface area is 113 Å². The number of hydrogen-bond donors (Lipinski definition) is 1. The van der Waals surface area contributed by atoms with Gasteiger partial charge in [-0.25, -0.2) is 0 Å². The smallest absolute Gasteiger partial charge is 0.0532 e. The highest BCUT2D eigenvalue weighted by Gasteiger charge is 2.15. The zero-order valence-electron chi connectivity index (χ0n) is 11.7. The quantitative estimate of drug-likeness (QED) is 0.771. The van der Waals surface area contributed by atoms with Gasteiger partial charge in [-0.1, -0.05) is 38.5 Å². The Morgan fingerprint density at radius 1 is 1.22 bits per heavy atom. The molecule has 0 aromatic heterocycles. The predicted molar refractivity (Wildman–Crippen MR) is 79.1 cm³/mol. The van der Waals surface area contributed by atoms with Crippen LogP contribution in [-0.2, 0) is 10.8 Å². The first-order valence-electron chi connectivity index (χ1n) is 6.60. The number of benzene rings is 1. The molecule has 1 atom stereocenters. The van der Waals surface area contributed by atoms with E-state index in [0.717, 1.165) is 35.5 Å². The van der Waals surface area contributed by atoms with Crippen LogP contribution in [0.2, 0.25) is 0 Å². The van der Waals surface area contributed by atoms with E-state index >= 15 is 0 Å². The molecule has 0 aliphatic carbocycles. The van der Waals surface area contributed by atoms with Gasteiger partial charge < -0.3 is 5.73 Å². The summed E-state index contributed by atoms with van der Waals surface area (Å²) in [6.07, 6.45) is 3.21. The summed E-state index contributed by atoms with van der Waals surface area (Å²) in [7, 11) is -0.856. The summed E-state index contributed by atoms with van der Waals surface area (Å²) < 4.78 is 12.1. The molecule has 2 N–H and O–H groups in total. The second kappa shape index (κ2) is 7.05. The van der Waals surface area contributed by atoms with Gasteiger partial charge in [0.15, 0.2) is 0 Å². The van der Waals surface area contributed by atoms with E-state index in [4.69, 9.17) is 5.73 Å². The average Bonchev–Trinajstić information content (AvgIpc) is 2.35. The van der Waals surface area contributed by atoms with Gasteiger partial charge in [0.1, 0.15) is 0 Å². The largest absolute Gasteiger partial charge is 0.330 e. The SMILES string of the molecule is Cc1ccccc1S(=O)CCCCC(C)(C)CN. The lowest BCUT2D eigenvalue weighted by molar-refractivity contribution is 0.336. The lowest BCUT2D eigenvalue weighted by Crippen LogP contribution is -2.23. The summed E-state index contributed by atoms with van der Waals surface area (Å²) >= 11 is 0. The van der Waals surface area contributed by atoms with E-state index in [9.17, 15) is 4.21 Å². The van der Waals surface area contributed by atoms with Crippen LogP contribution in [0, 0.1) is 12.3 Å². The third kappa shape index (κ3) is 4.91. The average molecular weight is 267 g/mol. The molecule has 18 heavy (non-hydrogen) atoms. The summed E-state index contributed by atoms with van der Waals surface area (Å²) in [5, 5.41) is 0. The zero-order valence-corrected chi connectivity index (χ0v) is 12.6. The number of unbranched alkanes of at least 4 members (excludes halogenated alkanes) is 1. The molecular weight excluding hydrogens is 242 g/mol. The summed E-state index contributed by atoms with van der Waals surface area (Å²) in [5.74, 6) is 0.755. The van der Waals surface area contributed by atoms with E-state index in [2.05, 4.69) is 13.8 Å². The molecule has 102 valence electrons. The fourth-order valence-corrected chi connectivity index (χ4v) is 3.20. The van der Waals surface area contributed by atoms with Crippen LogP contribution in [0.15, 0.2) is 29.2 Å². The lowest BCUT2D eigenvalue weighted by atomic mass is 9.88. The van der Waals surface area contributed by atoms with Gasteiger partial charge in [0, 0.05) is 10.6 Å². The molecule has 0 bridgehead atoms. The molecule has 0 aliphatic heterocycles. The van der Waals surface area contributed by atoms with Crippen molar-refractivity contribution < 1.29 is 4.21 Å². The van der Waals surface area contributed by atoms with Crippen molar-refractivity contribution in [2.45, 2.75) is 44.9 Å². The van der Waals surface area contributed by atoms with Gasteiger partial charge in [-0.3, -0.25) is 4.21 Å². The molecule has 1 unspecified atom stereocenters. The second-order valence-corrected chi connectivity index (χ2v) is 7.18. The number of nitrogens with two attached hydrogens (primary N) is 1. The molecule has 0 radical (unpaired) electrons. The Bertz CT molecular complexity index is 401. The third-order valence-corrected chi connectivity index (χ3v) is 4.93. The van der Waals surface area contributed by atoms with Crippen molar-refractivity contribution in [1.82, 2.24) is 0 Å². The first-order valence-corrected chi connectivity index (χ1v) is 7.92. The van der Waals surface area contributed by atoms with Gasteiger partial charge in [-0.2, -0.15) is 0 Å². The van der Waals surface area contributed by atoms with E-state index in [1.807, 2.05) is 31.2 Å². The summed E-state index contributed by atoms with van der Waals surface area (Å²) in [5.41, 5.74) is 7.03. The highest BCUT2D eigenvalue weighted by molar-refractivity contribution is 7.85. The van der Waals surface area contributed by atoms with E-state index in [1.165, 1.54) is 0 Å². The highest BCUT2D eigenvalue weighted by Crippen LogP contribution is 2.22. The van der Waals surface area contributed by atoms with Crippen LogP contribution in [0.3, 0.4) is 0 Å². The van der Waals surface area contributed by atoms with Crippen molar-refractivity contribution in [1.29, 1.82) is 0 Å². The monoisotopic (exact) mass is 267 g/mol. The number of rotatable bonds is 7. The van der Waals surface area contributed by atoms with Crippen molar-refractivity contribution in [3.63, 3.8) is 0 Å². The fourth-order valence-electron chi connectivity index (χ4n) is 1.86. The molecule has 0 aliphatic rings. The molecule has 3 heteroatoms. The van der Waals surface area contributed by atoms with Crippen LogP contribution in [0.4, 0.5) is 0 Å². The molecule has 0 heterocycles. The van der Waals surface area contributed by atoms with Crippen LogP contribution < -0.4 is 5.73 Å². The standard InChI is InChI=1S/C15H25NOS/c1-13-8-4-5-9-14(13)18(17)11-7-6-10-15(2,3)12-16/h4-5,8-9H,6-7,10-12,16H2,1-3H3. The molecule has 1 aromatic carbocycles. The Morgan fingerprint density at radius 2 is 1.89 bits per heavy atom. The molecule has 1 rings (SSSR count). The fraction of sp³-hybridized carbons (Fsp3) is 0.600. The molecule has 0 fully saturated rings. The predicted octanol–water partition coefficient (Wildman–Crippen LogP) is 3.26. The Balaban J connectivity index is 2.37. The van der Waals surface area contributed by atoms with Gasteiger partial charge in [0.05, 0.1) is 10.8 Å². The lowest BCUT2D eigenvalue weighted by Gasteiger charge is -2.21. The van der Waals surface area contributed by atoms with Gasteiger partial charge in [-0.15, -0.1) is 0 Å². The highest BCUT2D eigenvalue weighted by atomic mass is 32.2. The Morgan fingerprint density at radius 3 is 2.50 bits per heavy atom. The van der Waals surface area contributed by atoms with E-state index in [1.54, 1.807) is 0 Å². The maximum absolute atomic E-state index is 12.1. The minimum absolute atomic E-state index is 0.212. The Kier molecular flexibility index (Phi) is 6.03. The topological polar surface area (TPSA) is 43.1 Å². The first-order chi connectivity index (χ1) is 8.46. The van der Waals surface area contributed by atoms with Crippen LogP contribution in [-0.4, -0.2) is 16.5 Å². The van der Waals surface area contributed by atoms with Crippen molar-refractivity contribution in [3.8, 4) is 0 Å². The number of hydrogen-bond acceptors (Lipinski definition) is 2. The molecule has 0 saturated heterocycles. The maximum atomic E-state index is 12.1. The normalized spacial score (nSPS) is 13.6. The van der Waals surface area contributed by atoms with E-state index in [0.29, 0.717) is 6.54 Å². The molecule has 0 saturated carbocycles. The minimum Gasteiger partial charge on any atom is -0.330 e. The third-order valence-electron chi connectivity index (χ3n) is 3.32. The van der Waals surface area contributed by atoms with Crippen molar-refractivity contribution in [3.05, 3.63) is 29.8 Å². The first kappa shape index (κ1) is 15.4. The van der Waals surface area contributed by atoms with Gasteiger partial charge in [0.2, 0.25) is 0 Å². The molecule has 2 nitrogen and oxygen atoms in total. The summed E-state index contributed by atoms with van der Waals surface area (Å²) in [6, 6.07) is 7.93. The van der Waals surface area contributed by atoms with Crippen LogP contribution in [0.5, 0.6) is 0 Å². The van der Waals surface area contributed by atoms with Gasteiger partial charge in [-0.05, 0) is 43.4 Å². The van der Waals surface area contributed by atoms with Crippen LogP contribution in [0.25, 0.3) is 0 Å². The molecular formula is C15H25NOS. The number of aryl methyl sites for hydroxylation is 1. The second-order valence-electron chi connectivity index (χ2n) is 5.64. The van der Waals surface area contributed by atoms with Gasteiger partial charge in [0.25, 0.3) is 0 Å². The summed E-state index contributed by atoms with van der Waals surface area (Å²) in [6.45, 7) is 7.11. The molecule has 1 aromatic rings. The van der Waals surface area contributed by atoms with Crippen LogP contribution in [0.1, 0.15) is 38.7 Å². The van der Waals surface area contributed by atoms with Crippen molar-refractivity contribution in [2.75, 3.05) is 12.3 Å². The van der Waals surface area contributed by atoms with Gasteiger partial charge >= 0.3 is 0 Å². The van der Waals surface area contributed by atoms with E-state index in [-0.39, 0.29) is 5.41 Å². The summed E-state index contributed by atoms with van der Waals surface area (Å²) in [4.78, 5) is 0.982. The zero-order chi connectivity index (χ0) is 13.6. The van der Waals surface area contributed by atoms with E-state index < -0.39 is 10.8 Å². The van der Waals surface area contributed by atoms with Crippen molar-refractivity contribution in [2.24, 2.45) is 11.1 Å². The Hall–Kier alpha value is -0.670.